The van der Waals surface area contributed by atoms with E-state index in [-0.39, 0.29) is 0 Å². The van der Waals surface area contributed by atoms with Gasteiger partial charge in [0.1, 0.15) is 5.75 Å². The number of ether oxygens (including phenoxy) is 2. The molecule has 2 saturated heterocycles. The van der Waals surface area contributed by atoms with Crippen LogP contribution in [-0.2, 0) is 11.2 Å². The molecule has 0 saturated carbocycles. The van der Waals surface area contributed by atoms with Crippen LogP contribution < -0.4 is 14.5 Å². The number of morpholine rings is 1. The Hall–Kier alpha value is -2.38. The van der Waals surface area contributed by atoms with Gasteiger partial charge in [0.25, 0.3) is 0 Å². The Morgan fingerprint density at radius 1 is 0.821 bits per heavy atom. The van der Waals surface area contributed by atoms with Crippen molar-refractivity contribution in [1.82, 2.24) is 15.1 Å². The van der Waals surface area contributed by atoms with E-state index in [1.807, 2.05) is 12.1 Å². The summed E-state index contributed by atoms with van der Waals surface area (Å²) in [7, 11) is 1.70. The van der Waals surface area contributed by atoms with Crippen molar-refractivity contribution in [3.63, 3.8) is 0 Å². The lowest BCUT2D eigenvalue weighted by atomic mass is 10.1. The van der Waals surface area contributed by atoms with Gasteiger partial charge < -0.3 is 19.3 Å². The summed E-state index contributed by atoms with van der Waals surface area (Å²) in [6.07, 6.45) is 1.07. The van der Waals surface area contributed by atoms with Gasteiger partial charge in [0, 0.05) is 45.8 Å². The second-order valence-corrected chi connectivity index (χ2v) is 7.28. The summed E-state index contributed by atoms with van der Waals surface area (Å²) >= 11 is 0. The molecule has 0 amide bonds. The van der Waals surface area contributed by atoms with Crippen LogP contribution in [0.2, 0.25) is 0 Å². The van der Waals surface area contributed by atoms with Crippen molar-refractivity contribution < 1.29 is 9.47 Å². The van der Waals surface area contributed by atoms with Crippen LogP contribution in [0.3, 0.4) is 0 Å². The summed E-state index contributed by atoms with van der Waals surface area (Å²) in [5.41, 5.74) is 1.35. The third-order valence-electron chi connectivity index (χ3n) is 5.54. The van der Waals surface area contributed by atoms with Crippen molar-refractivity contribution in [2.75, 3.05) is 75.9 Å². The van der Waals surface area contributed by atoms with Gasteiger partial charge in [-0.2, -0.15) is 0 Å². The minimum atomic E-state index is 0.766. The van der Waals surface area contributed by atoms with E-state index in [4.69, 9.17) is 9.47 Å². The Morgan fingerprint density at radius 2 is 1.43 bits per heavy atom. The average molecular weight is 383 g/mol. The molecule has 0 bridgehead atoms. The standard InChI is InChI=1S/C21H29N5O2/c1-27-19-4-2-18(3-5-19)8-9-24-10-12-25(13-11-24)20-6-7-21(23-22-20)26-14-16-28-17-15-26/h2-7H,8-17H2,1H3. The Labute approximate surface area is 166 Å². The minimum Gasteiger partial charge on any atom is -0.497 e. The molecule has 3 heterocycles. The lowest BCUT2D eigenvalue weighted by Gasteiger charge is -2.35. The number of hydrogen-bond acceptors (Lipinski definition) is 7. The van der Waals surface area contributed by atoms with Crippen LogP contribution in [0.1, 0.15) is 5.56 Å². The number of aromatic nitrogens is 2. The molecule has 28 heavy (non-hydrogen) atoms. The Balaban J connectivity index is 1.24. The topological polar surface area (TPSA) is 54.0 Å². The first-order valence-electron chi connectivity index (χ1n) is 10.1. The highest BCUT2D eigenvalue weighted by Crippen LogP contribution is 2.18. The highest BCUT2D eigenvalue weighted by molar-refractivity contribution is 5.45. The molecule has 0 spiro atoms. The molecular weight excluding hydrogens is 354 g/mol. The Morgan fingerprint density at radius 3 is 2.00 bits per heavy atom. The van der Waals surface area contributed by atoms with E-state index in [9.17, 15) is 0 Å². The number of anilines is 2. The van der Waals surface area contributed by atoms with Crippen LogP contribution in [0.15, 0.2) is 36.4 Å². The molecule has 1 aromatic heterocycles. The van der Waals surface area contributed by atoms with Gasteiger partial charge in [-0.05, 0) is 36.2 Å². The van der Waals surface area contributed by atoms with Crippen molar-refractivity contribution in [3.8, 4) is 5.75 Å². The van der Waals surface area contributed by atoms with E-state index in [0.29, 0.717) is 0 Å². The fourth-order valence-electron chi connectivity index (χ4n) is 3.73. The second-order valence-electron chi connectivity index (χ2n) is 7.28. The van der Waals surface area contributed by atoms with Gasteiger partial charge >= 0.3 is 0 Å². The van der Waals surface area contributed by atoms with E-state index < -0.39 is 0 Å². The van der Waals surface area contributed by atoms with E-state index in [2.05, 4.69) is 49.2 Å². The number of piperazine rings is 1. The van der Waals surface area contributed by atoms with Crippen molar-refractivity contribution in [2.24, 2.45) is 0 Å². The first-order chi connectivity index (χ1) is 13.8. The summed E-state index contributed by atoms with van der Waals surface area (Å²) in [5, 5.41) is 8.92. The molecule has 2 aromatic rings. The molecule has 1 aromatic carbocycles. The molecular formula is C21H29N5O2. The van der Waals surface area contributed by atoms with Crippen molar-refractivity contribution >= 4 is 11.6 Å². The zero-order valence-electron chi connectivity index (χ0n) is 16.6. The van der Waals surface area contributed by atoms with E-state index in [0.717, 1.165) is 82.8 Å². The Kier molecular flexibility index (Phi) is 6.24. The maximum absolute atomic E-state index is 5.40. The molecule has 4 rings (SSSR count). The molecule has 0 atom stereocenters. The molecule has 0 radical (unpaired) electrons. The summed E-state index contributed by atoms with van der Waals surface area (Å²) < 4.78 is 10.6. The van der Waals surface area contributed by atoms with Crippen LogP contribution in [-0.4, -0.2) is 81.2 Å². The summed E-state index contributed by atoms with van der Waals surface area (Å²) in [6.45, 7) is 8.50. The van der Waals surface area contributed by atoms with Gasteiger partial charge in [-0.25, -0.2) is 0 Å². The molecule has 2 aliphatic heterocycles. The smallest absolute Gasteiger partial charge is 0.151 e. The van der Waals surface area contributed by atoms with Gasteiger partial charge in [0.15, 0.2) is 11.6 Å². The fourth-order valence-corrected chi connectivity index (χ4v) is 3.73. The number of methoxy groups -OCH3 is 1. The van der Waals surface area contributed by atoms with Gasteiger partial charge in [-0.15, -0.1) is 10.2 Å². The Bertz CT molecular complexity index is 723. The van der Waals surface area contributed by atoms with E-state index in [1.54, 1.807) is 7.11 Å². The molecule has 7 nitrogen and oxygen atoms in total. The van der Waals surface area contributed by atoms with Crippen molar-refractivity contribution in [1.29, 1.82) is 0 Å². The molecule has 7 heteroatoms. The highest BCUT2D eigenvalue weighted by atomic mass is 16.5. The minimum absolute atomic E-state index is 0.766. The molecule has 0 aliphatic carbocycles. The van der Waals surface area contributed by atoms with Crippen molar-refractivity contribution in [2.45, 2.75) is 6.42 Å². The van der Waals surface area contributed by atoms with Crippen LogP contribution in [0.5, 0.6) is 5.75 Å². The molecule has 150 valence electrons. The van der Waals surface area contributed by atoms with Crippen LogP contribution in [0, 0.1) is 0 Å². The second kappa shape index (κ2) is 9.21. The summed E-state index contributed by atoms with van der Waals surface area (Å²) in [5.74, 6) is 2.84. The highest BCUT2D eigenvalue weighted by Gasteiger charge is 2.19. The molecule has 2 aliphatic rings. The first kappa shape index (κ1) is 19.0. The summed E-state index contributed by atoms with van der Waals surface area (Å²) in [6, 6.07) is 12.6. The van der Waals surface area contributed by atoms with Crippen molar-refractivity contribution in [3.05, 3.63) is 42.0 Å². The van der Waals surface area contributed by atoms with Gasteiger partial charge in [0.05, 0.1) is 20.3 Å². The average Bonchev–Trinajstić information content (AvgIpc) is 2.79. The van der Waals surface area contributed by atoms with E-state index in [1.165, 1.54) is 5.56 Å². The summed E-state index contributed by atoms with van der Waals surface area (Å²) in [4.78, 5) is 7.09. The van der Waals surface area contributed by atoms with Crippen LogP contribution in [0.25, 0.3) is 0 Å². The SMILES string of the molecule is COc1ccc(CCN2CCN(c3ccc(N4CCOCC4)nn3)CC2)cc1. The predicted molar refractivity (Wildman–Crippen MR) is 110 cm³/mol. The fraction of sp³-hybridized carbons (Fsp3) is 0.524. The number of hydrogen-bond donors (Lipinski definition) is 0. The predicted octanol–water partition coefficient (Wildman–Crippen LogP) is 1.69. The van der Waals surface area contributed by atoms with Crippen LogP contribution in [0.4, 0.5) is 11.6 Å². The maximum atomic E-state index is 5.40. The maximum Gasteiger partial charge on any atom is 0.151 e. The van der Waals surface area contributed by atoms with Crippen LogP contribution >= 0.6 is 0 Å². The van der Waals surface area contributed by atoms with Gasteiger partial charge in [-0.1, -0.05) is 12.1 Å². The third-order valence-corrected chi connectivity index (χ3v) is 5.54. The molecule has 0 unspecified atom stereocenters. The molecule has 0 N–H and O–H groups in total. The monoisotopic (exact) mass is 383 g/mol. The lowest BCUT2D eigenvalue weighted by molar-refractivity contribution is 0.122. The zero-order chi connectivity index (χ0) is 19.2. The third kappa shape index (κ3) is 4.72. The number of nitrogens with zero attached hydrogens (tertiary/aromatic N) is 5. The zero-order valence-corrected chi connectivity index (χ0v) is 16.6. The molecule has 2 fully saturated rings. The largest absolute Gasteiger partial charge is 0.497 e. The van der Waals surface area contributed by atoms with Gasteiger partial charge in [-0.3, -0.25) is 4.90 Å². The van der Waals surface area contributed by atoms with Gasteiger partial charge in [0.2, 0.25) is 0 Å². The number of rotatable bonds is 6. The number of benzene rings is 1. The van der Waals surface area contributed by atoms with E-state index >= 15 is 0 Å². The quantitative estimate of drug-likeness (QED) is 0.752. The first-order valence-corrected chi connectivity index (χ1v) is 10.1. The normalized spacial score (nSPS) is 18.3. The lowest BCUT2D eigenvalue weighted by Crippen LogP contribution is -2.47.